The second-order valence-corrected chi connectivity index (χ2v) is 11.9. The Hall–Kier alpha value is -3.96. The Morgan fingerprint density at radius 1 is 0.690 bits per heavy atom. The smallest absolute Gasteiger partial charge is 0.234 e. The normalized spacial score (nSPS) is 14.9. The summed E-state index contributed by atoms with van der Waals surface area (Å²) in [7, 11) is 0. The summed E-state index contributed by atoms with van der Waals surface area (Å²) in [6.07, 6.45) is 2.34. The average molecular weight is 578 g/mol. The van der Waals surface area contributed by atoms with Gasteiger partial charge >= 0.3 is 0 Å². The molecule has 224 valence electrons. The molecule has 0 radical (unpaired) electrons. The Labute approximate surface area is 246 Å². The van der Waals surface area contributed by atoms with E-state index in [2.05, 4.69) is 16.4 Å². The van der Waals surface area contributed by atoms with E-state index in [1.54, 1.807) is 41.5 Å². The Morgan fingerprint density at radius 3 is 1.50 bits per heavy atom. The number of benzene rings is 2. The van der Waals surface area contributed by atoms with Gasteiger partial charge in [-0.25, -0.2) is 5.48 Å². The molecule has 1 aliphatic heterocycles. The van der Waals surface area contributed by atoms with Gasteiger partial charge < -0.3 is 4.84 Å². The molecule has 0 saturated heterocycles. The Kier molecular flexibility index (Phi) is 11.1. The largest absolute Gasteiger partial charge is 0.390 e. The number of hydroxylamine groups is 3. The third kappa shape index (κ3) is 9.85. The first-order chi connectivity index (χ1) is 19.7. The topological polar surface area (TPSA) is 132 Å². The highest BCUT2D eigenvalue weighted by Crippen LogP contribution is 2.20. The van der Waals surface area contributed by atoms with Crippen LogP contribution in [0.15, 0.2) is 84.3 Å². The van der Waals surface area contributed by atoms with Crippen LogP contribution in [0, 0.1) is 0 Å². The average Bonchev–Trinajstić information content (AvgIpc) is 2.96. The number of Topliss-reactive ketones (excluding diaryl/α,β-unsaturated/α-hetero) is 4. The maximum atomic E-state index is 13.6. The van der Waals surface area contributed by atoms with Crippen LogP contribution in [0.4, 0.5) is 0 Å². The van der Waals surface area contributed by atoms with Gasteiger partial charge in [0.2, 0.25) is 23.1 Å². The molecular formula is C32H39N3O7. The molecule has 10 heteroatoms. The zero-order valence-electron chi connectivity index (χ0n) is 24.9. The third-order valence-electron chi connectivity index (χ3n) is 5.89. The number of rotatable bonds is 14. The fraction of sp³-hybridized carbons (Fsp3) is 0.375. The number of carbonyl (C=O) groups is 4. The van der Waals surface area contributed by atoms with Crippen molar-refractivity contribution in [1.29, 1.82) is 0 Å². The molecule has 0 fully saturated rings. The van der Waals surface area contributed by atoms with Gasteiger partial charge in [-0.1, -0.05) is 60.7 Å². The van der Waals surface area contributed by atoms with E-state index < -0.39 is 46.4 Å². The van der Waals surface area contributed by atoms with E-state index >= 15 is 0 Å². The minimum absolute atomic E-state index is 0.146. The van der Waals surface area contributed by atoms with Crippen LogP contribution < -0.4 is 16.4 Å². The fourth-order valence-corrected chi connectivity index (χ4v) is 3.84. The summed E-state index contributed by atoms with van der Waals surface area (Å²) in [5.74, 6) is -3.70. The minimum Gasteiger partial charge on any atom is -0.390 e. The summed E-state index contributed by atoms with van der Waals surface area (Å²) in [6.45, 7) is 10.8. The molecule has 2 aromatic rings. The lowest BCUT2D eigenvalue weighted by molar-refractivity contribution is -0.143. The quantitative estimate of drug-likeness (QED) is 0.227. The van der Waals surface area contributed by atoms with E-state index in [-0.39, 0.29) is 24.0 Å². The molecule has 10 nitrogen and oxygen atoms in total. The number of carbonyl (C=O) groups excluding carboxylic acids is 4. The molecule has 3 N–H and O–H groups in total. The number of nitrogens with one attached hydrogen (secondary N) is 3. The first-order valence-electron chi connectivity index (χ1n) is 13.7. The summed E-state index contributed by atoms with van der Waals surface area (Å²) < 4.78 is 0. The van der Waals surface area contributed by atoms with Crippen LogP contribution in [-0.2, 0) is 46.5 Å². The summed E-state index contributed by atoms with van der Waals surface area (Å²) in [5, 5.41) is 0. The van der Waals surface area contributed by atoms with E-state index in [4.69, 9.17) is 14.5 Å². The predicted octanol–water partition coefficient (Wildman–Crippen LogP) is 3.43. The van der Waals surface area contributed by atoms with Gasteiger partial charge in [0, 0.05) is 6.20 Å². The highest BCUT2D eigenvalue weighted by Gasteiger charge is 2.37. The molecule has 0 aromatic heterocycles. The molecule has 0 aliphatic carbocycles. The molecule has 0 bridgehead atoms. The zero-order chi connectivity index (χ0) is 30.9. The van der Waals surface area contributed by atoms with Crippen LogP contribution in [0.2, 0.25) is 0 Å². The lowest BCUT2D eigenvalue weighted by atomic mass is 9.89. The third-order valence-corrected chi connectivity index (χ3v) is 5.89. The van der Waals surface area contributed by atoms with E-state index in [0.29, 0.717) is 0 Å². The lowest BCUT2D eigenvalue weighted by Gasteiger charge is -2.25. The van der Waals surface area contributed by atoms with Crippen LogP contribution in [0.1, 0.15) is 52.7 Å². The minimum atomic E-state index is -1.07. The van der Waals surface area contributed by atoms with Crippen molar-refractivity contribution in [3.05, 3.63) is 95.4 Å². The number of ketones is 4. The van der Waals surface area contributed by atoms with Crippen molar-refractivity contribution in [2.75, 3.05) is 0 Å². The molecule has 1 heterocycles. The number of hydrogen-bond donors (Lipinski definition) is 3. The van der Waals surface area contributed by atoms with Gasteiger partial charge in [-0.3, -0.25) is 28.9 Å². The standard InChI is InChI=1S/C32H39N3O7/c1-31(2,3)41-34-25(17-21-13-9-7-10-14-21)29(38)27(36)23-19-33-40-20-24(23)28(37)30(39)26(35-42-32(4,5)6)18-22-15-11-8-12-16-22/h7-16,19-20,25-26,33-35H,17-18H2,1-6H3/t25-,26-/m0/s1. The molecule has 42 heavy (non-hydrogen) atoms. The van der Waals surface area contributed by atoms with E-state index in [1.807, 2.05) is 60.7 Å². The van der Waals surface area contributed by atoms with Crippen molar-refractivity contribution in [3.63, 3.8) is 0 Å². The summed E-state index contributed by atoms with van der Waals surface area (Å²) >= 11 is 0. The first kappa shape index (κ1) is 32.6. The molecule has 1 aliphatic rings. The van der Waals surface area contributed by atoms with Crippen molar-refractivity contribution < 1.29 is 33.7 Å². The van der Waals surface area contributed by atoms with Crippen LogP contribution in [-0.4, -0.2) is 46.4 Å². The Bertz CT molecular complexity index is 1220. The van der Waals surface area contributed by atoms with E-state index in [9.17, 15) is 19.2 Å². The Morgan fingerprint density at radius 2 is 1.10 bits per heavy atom. The second-order valence-electron chi connectivity index (χ2n) is 11.9. The van der Waals surface area contributed by atoms with Gasteiger partial charge in [0.25, 0.3) is 0 Å². The number of hydrogen-bond acceptors (Lipinski definition) is 10. The molecule has 2 atom stereocenters. The molecule has 2 aromatic carbocycles. The summed E-state index contributed by atoms with van der Waals surface area (Å²) in [4.78, 5) is 70.5. The van der Waals surface area contributed by atoms with Crippen molar-refractivity contribution in [1.82, 2.24) is 16.4 Å². The summed E-state index contributed by atoms with van der Waals surface area (Å²) in [6, 6.07) is 16.1. The molecule has 0 saturated carbocycles. The highest BCUT2D eigenvalue weighted by atomic mass is 16.7. The molecule has 0 unspecified atom stereocenters. The van der Waals surface area contributed by atoms with Gasteiger partial charge in [-0.05, 0) is 65.5 Å². The predicted molar refractivity (Wildman–Crippen MR) is 156 cm³/mol. The summed E-state index contributed by atoms with van der Waals surface area (Å²) in [5.41, 5.74) is 7.47. The molecule has 3 rings (SSSR count). The molecule has 0 amide bonds. The maximum Gasteiger partial charge on any atom is 0.234 e. The first-order valence-corrected chi connectivity index (χ1v) is 13.7. The molecule has 0 spiro atoms. The van der Waals surface area contributed by atoms with Crippen molar-refractivity contribution in [2.24, 2.45) is 0 Å². The van der Waals surface area contributed by atoms with Gasteiger partial charge in [-0.15, -0.1) is 0 Å². The maximum absolute atomic E-state index is 13.6. The van der Waals surface area contributed by atoms with Crippen molar-refractivity contribution in [2.45, 2.75) is 77.7 Å². The Balaban J connectivity index is 1.84. The second kappa shape index (κ2) is 14.3. The highest BCUT2D eigenvalue weighted by molar-refractivity contribution is 6.53. The number of allylic oxidation sites excluding steroid dienone is 2. The van der Waals surface area contributed by atoms with Crippen LogP contribution in [0.5, 0.6) is 0 Å². The van der Waals surface area contributed by atoms with Crippen LogP contribution in [0.25, 0.3) is 0 Å². The van der Waals surface area contributed by atoms with Gasteiger partial charge in [-0.2, -0.15) is 11.0 Å². The lowest BCUT2D eigenvalue weighted by Crippen LogP contribution is -2.48. The van der Waals surface area contributed by atoms with Crippen LogP contribution in [0.3, 0.4) is 0 Å². The van der Waals surface area contributed by atoms with E-state index in [0.717, 1.165) is 23.6 Å². The van der Waals surface area contributed by atoms with E-state index in [1.165, 1.54) is 0 Å². The zero-order valence-corrected chi connectivity index (χ0v) is 24.9. The van der Waals surface area contributed by atoms with Gasteiger partial charge in [0.05, 0.1) is 22.3 Å². The van der Waals surface area contributed by atoms with Gasteiger partial charge in [0.1, 0.15) is 18.3 Å². The fourth-order valence-electron chi connectivity index (χ4n) is 3.84. The SMILES string of the molecule is CC(C)(C)ON[C@@H](Cc1ccccc1)C(=O)C(=O)C1=CNOC=C1C(=O)C(=O)[C@H](Cc1ccccc1)NOC(C)(C)C. The van der Waals surface area contributed by atoms with Crippen molar-refractivity contribution in [3.8, 4) is 0 Å². The van der Waals surface area contributed by atoms with Crippen LogP contribution >= 0.6 is 0 Å². The van der Waals surface area contributed by atoms with Gasteiger partial charge in [0.15, 0.2) is 0 Å². The molecular weight excluding hydrogens is 538 g/mol. The van der Waals surface area contributed by atoms with Crippen molar-refractivity contribution >= 4 is 23.1 Å². The monoisotopic (exact) mass is 577 g/mol.